The molecule has 0 aliphatic carbocycles. The number of halogens is 4. The van der Waals surface area contributed by atoms with E-state index in [2.05, 4.69) is 15.9 Å². The van der Waals surface area contributed by atoms with Crippen LogP contribution in [0.15, 0.2) is 40.4 Å². The van der Waals surface area contributed by atoms with Crippen LogP contribution in [0.1, 0.15) is 16.8 Å². The van der Waals surface area contributed by atoms with Crippen molar-refractivity contribution in [2.24, 2.45) is 0 Å². The van der Waals surface area contributed by atoms with Gasteiger partial charge in [-0.3, -0.25) is 4.79 Å². The Morgan fingerprint density at radius 2 is 1.84 bits per heavy atom. The van der Waals surface area contributed by atoms with Gasteiger partial charge in [0.1, 0.15) is 0 Å². The number of carbonyl (C=O) groups excluding carboxylic acids is 1. The molecule has 2 rings (SSSR count). The zero-order valence-corrected chi connectivity index (χ0v) is 11.5. The molecule has 0 N–H and O–H groups in total. The number of hydrogen-bond donors (Lipinski definition) is 0. The van der Waals surface area contributed by atoms with E-state index < -0.39 is 11.7 Å². The van der Waals surface area contributed by atoms with Crippen LogP contribution in [0.5, 0.6) is 0 Å². The van der Waals surface area contributed by atoms with Crippen molar-refractivity contribution in [2.45, 2.75) is 12.6 Å². The largest absolute Gasteiger partial charge is 0.412 e. The molecule has 0 aromatic heterocycles. The maximum Gasteiger partial charge on any atom is 0.412 e. The van der Waals surface area contributed by atoms with Gasteiger partial charge in [-0.25, -0.2) is 0 Å². The van der Waals surface area contributed by atoms with Crippen molar-refractivity contribution >= 4 is 21.8 Å². The second-order valence-electron chi connectivity index (χ2n) is 4.24. The summed E-state index contributed by atoms with van der Waals surface area (Å²) in [5, 5.41) is 0. The lowest BCUT2D eigenvalue weighted by Gasteiger charge is -2.27. The van der Waals surface area contributed by atoms with Gasteiger partial charge in [0.2, 0.25) is 0 Å². The first kappa shape index (κ1) is 14.1. The Kier molecular flexibility index (Phi) is 3.99. The van der Waals surface area contributed by atoms with Crippen molar-refractivity contribution in [1.29, 1.82) is 0 Å². The summed E-state index contributed by atoms with van der Waals surface area (Å²) in [4.78, 5) is 13.5. The lowest BCUT2D eigenvalue weighted by molar-refractivity contribution is -0.0957. The molecule has 0 fully saturated rings. The lowest BCUT2D eigenvalue weighted by atomic mass is 10.1. The molecule has 1 aromatic rings. The maximum absolute atomic E-state index is 12.5. The van der Waals surface area contributed by atoms with Crippen molar-refractivity contribution in [3.63, 3.8) is 0 Å². The van der Waals surface area contributed by atoms with E-state index in [-0.39, 0.29) is 25.4 Å². The molecule has 1 aliphatic rings. The molecule has 0 radical (unpaired) electrons. The van der Waals surface area contributed by atoms with Crippen LogP contribution in [0, 0.1) is 0 Å². The molecular weight excluding hydrogens is 323 g/mol. The van der Waals surface area contributed by atoms with E-state index in [1.165, 1.54) is 4.90 Å². The molecule has 6 heteroatoms. The Hall–Kier alpha value is -1.30. The quantitative estimate of drug-likeness (QED) is 0.716. The molecular formula is C13H11BrF3NO. The fraction of sp³-hybridized carbons (Fsp3) is 0.308. The van der Waals surface area contributed by atoms with E-state index in [9.17, 15) is 18.0 Å². The normalized spacial score (nSPS) is 16.2. The molecule has 1 aromatic carbocycles. The van der Waals surface area contributed by atoms with Crippen LogP contribution in [0.4, 0.5) is 13.2 Å². The van der Waals surface area contributed by atoms with Crippen LogP contribution in [0.2, 0.25) is 0 Å². The third kappa shape index (κ3) is 3.37. The Labute approximate surface area is 117 Å². The first-order valence-corrected chi connectivity index (χ1v) is 6.48. The average molecular weight is 334 g/mol. The fourth-order valence-corrected chi connectivity index (χ4v) is 2.15. The summed E-state index contributed by atoms with van der Waals surface area (Å²) in [6, 6.07) is 6.76. The lowest BCUT2D eigenvalue weighted by Crippen LogP contribution is -2.36. The van der Waals surface area contributed by atoms with E-state index in [1.54, 1.807) is 24.3 Å². The molecule has 1 aliphatic heterocycles. The Morgan fingerprint density at radius 1 is 1.21 bits per heavy atom. The minimum absolute atomic E-state index is 0.00371. The van der Waals surface area contributed by atoms with Gasteiger partial charge in [0, 0.05) is 28.7 Å². The topological polar surface area (TPSA) is 20.3 Å². The molecule has 0 atom stereocenters. The van der Waals surface area contributed by atoms with E-state index in [0.717, 1.165) is 10.5 Å². The average Bonchev–Trinajstić information content (AvgIpc) is 2.38. The molecule has 0 spiro atoms. The van der Waals surface area contributed by atoms with Gasteiger partial charge in [-0.15, -0.1) is 0 Å². The third-order valence-corrected chi connectivity index (χ3v) is 3.48. The van der Waals surface area contributed by atoms with Gasteiger partial charge in [-0.05, 0) is 30.7 Å². The van der Waals surface area contributed by atoms with Crippen LogP contribution in [-0.4, -0.2) is 30.1 Å². The summed E-state index contributed by atoms with van der Waals surface area (Å²) < 4.78 is 38.2. The number of benzene rings is 1. The van der Waals surface area contributed by atoms with Crippen molar-refractivity contribution in [3.05, 3.63) is 46.0 Å². The predicted octanol–water partition coefficient (Wildman–Crippen LogP) is 3.78. The molecule has 19 heavy (non-hydrogen) atoms. The number of carbonyl (C=O) groups is 1. The third-order valence-electron chi connectivity index (χ3n) is 2.95. The van der Waals surface area contributed by atoms with Gasteiger partial charge in [-0.1, -0.05) is 22.0 Å². The summed E-state index contributed by atoms with van der Waals surface area (Å²) >= 11 is 3.26. The van der Waals surface area contributed by atoms with Gasteiger partial charge in [0.25, 0.3) is 5.91 Å². The van der Waals surface area contributed by atoms with E-state index >= 15 is 0 Å². The summed E-state index contributed by atoms with van der Waals surface area (Å²) in [5.74, 6) is -0.245. The van der Waals surface area contributed by atoms with Gasteiger partial charge < -0.3 is 4.90 Å². The predicted molar refractivity (Wildman–Crippen MR) is 68.8 cm³/mol. The van der Waals surface area contributed by atoms with Crippen LogP contribution >= 0.6 is 15.9 Å². The van der Waals surface area contributed by atoms with Crippen molar-refractivity contribution in [1.82, 2.24) is 4.90 Å². The highest BCUT2D eigenvalue weighted by Crippen LogP contribution is 2.30. The van der Waals surface area contributed by atoms with E-state index in [1.807, 2.05) is 0 Å². The minimum atomic E-state index is -4.28. The Morgan fingerprint density at radius 3 is 2.32 bits per heavy atom. The summed E-state index contributed by atoms with van der Waals surface area (Å²) in [6.45, 7) is 0.101. The molecule has 0 saturated heterocycles. The highest BCUT2D eigenvalue weighted by molar-refractivity contribution is 9.10. The summed E-state index contributed by atoms with van der Waals surface area (Å²) in [5.41, 5.74) is -0.0700. The fourth-order valence-electron chi connectivity index (χ4n) is 1.89. The van der Waals surface area contributed by atoms with Crippen LogP contribution in [-0.2, 0) is 0 Å². The van der Waals surface area contributed by atoms with Crippen molar-refractivity contribution in [2.75, 3.05) is 13.1 Å². The van der Waals surface area contributed by atoms with E-state index in [0.29, 0.717) is 5.56 Å². The molecule has 2 nitrogen and oxygen atoms in total. The summed E-state index contributed by atoms with van der Waals surface area (Å²) in [6.07, 6.45) is -3.35. The Balaban J connectivity index is 2.07. The highest BCUT2D eigenvalue weighted by atomic mass is 79.9. The van der Waals surface area contributed by atoms with Crippen molar-refractivity contribution in [3.8, 4) is 0 Å². The minimum Gasteiger partial charge on any atom is -0.335 e. The monoisotopic (exact) mass is 333 g/mol. The smallest absolute Gasteiger partial charge is 0.335 e. The van der Waals surface area contributed by atoms with Gasteiger partial charge in [-0.2, -0.15) is 13.2 Å². The molecule has 0 bridgehead atoms. The first-order valence-electron chi connectivity index (χ1n) is 5.69. The first-order chi connectivity index (χ1) is 8.88. The molecule has 1 amide bonds. The standard InChI is InChI=1S/C13H11BrF3NO/c14-11-3-1-9(2-4-11)12(19)18-7-5-10(6-8-18)13(15,16)17/h1-5H,6-8H2. The molecule has 1 heterocycles. The molecule has 0 unspecified atom stereocenters. The maximum atomic E-state index is 12.5. The van der Waals surface area contributed by atoms with Gasteiger partial charge >= 0.3 is 6.18 Å². The molecule has 102 valence electrons. The van der Waals surface area contributed by atoms with Crippen LogP contribution in [0.25, 0.3) is 0 Å². The number of alkyl halides is 3. The second kappa shape index (κ2) is 5.36. The molecule has 0 saturated carbocycles. The zero-order valence-electron chi connectivity index (χ0n) is 9.88. The van der Waals surface area contributed by atoms with Gasteiger partial charge in [0.15, 0.2) is 0 Å². The van der Waals surface area contributed by atoms with E-state index in [4.69, 9.17) is 0 Å². The van der Waals surface area contributed by atoms with Crippen LogP contribution < -0.4 is 0 Å². The SMILES string of the molecule is O=C(c1ccc(Br)cc1)N1CC=C(C(F)(F)F)CC1. The number of rotatable bonds is 1. The number of hydrogen-bond acceptors (Lipinski definition) is 1. The zero-order chi connectivity index (χ0) is 14.0. The Bertz CT molecular complexity index is 508. The second-order valence-corrected chi connectivity index (χ2v) is 5.15. The summed E-state index contributed by atoms with van der Waals surface area (Å²) in [7, 11) is 0. The van der Waals surface area contributed by atoms with Crippen molar-refractivity contribution < 1.29 is 18.0 Å². The number of nitrogens with zero attached hydrogens (tertiary/aromatic N) is 1. The number of amides is 1. The highest BCUT2D eigenvalue weighted by Gasteiger charge is 2.35. The van der Waals surface area contributed by atoms with Crippen LogP contribution in [0.3, 0.4) is 0 Å². The van der Waals surface area contributed by atoms with Gasteiger partial charge in [0.05, 0.1) is 0 Å².